The zero-order valence-corrected chi connectivity index (χ0v) is 14.4. The minimum Gasteiger partial charge on any atom is -0.447 e. The van der Waals surface area contributed by atoms with E-state index in [0.29, 0.717) is 25.4 Å². The standard InChI is InChI=1S/C19H25NO4/c1-19(2)11-15(12-24-19)8-9-17(21)20-16(13-23-18(20)22)10-14-6-4-3-5-7-14/h3-7,15-16H,8-13H2,1-2H3/t15-,16+/m1/s1. The lowest BCUT2D eigenvalue weighted by molar-refractivity contribution is -0.129. The summed E-state index contributed by atoms with van der Waals surface area (Å²) in [6.45, 7) is 5.11. The van der Waals surface area contributed by atoms with E-state index in [4.69, 9.17) is 9.47 Å². The van der Waals surface area contributed by atoms with E-state index in [1.807, 2.05) is 30.3 Å². The number of hydrogen-bond donors (Lipinski definition) is 0. The van der Waals surface area contributed by atoms with Gasteiger partial charge in [0.1, 0.15) is 6.61 Å². The lowest BCUT2D eigenvalue weighted by Gasteiger charge is -2.20. The van der Waals surface area contributed by atoms with Crippen LogP contribution in [0.2, 0.25) is 0 Å². The van der Waals surface area contributed by atoms with Gasteiger partial charge in [0.15, 0.2) is 0 Å². The molecular weight excluding hydrogens is 306 g/mol. The smallest absolute Gasteiger partial charge is 0.416 e. The number of amides is 2. The highest BCUT2D eigenvalue weighted by Crippen LogP contribution is 2.32. The Balaban J connectivity index is 1.56. The van der Waals surface area contributed by atoms with Crippen molar-refractivity contribution < 1.29 is 19.1 Å². The number of imide groups is 1. The van der Waals surface area contributed by atoms with Crippen LogP contribution in [0.25, 0.3) is 0 Å². The van der Waals surface area contributed by atoms with Crippen LogP contribution in [-0.2, 0) is 20.7 Å². The lowest BCUT2D eigenvalue weighted by atomic mass is 9.94. The van der Waals surface area contributed by atoms with E-state index in [-0.39, 0.29) is 24.2 Å². The molecule has 0 N–H and O–H groups in total. The fourth-order valence-corrected chi connectivity index (χ4v) is 3.59. The molecule has 1 aromatic rings. The first-order valence-corrected chi connectivity index (χ1v) is 8.61. The second-order valence-electron chi connectivity index (χ2n) is 7.36. The van der Waals surface area contributed by atoms with Crippen molar-refractivity contribution in [1.29, 1.82) is 0 Å². The van der Waals surface area contributed by atoms with E-state index in [9.17, 15) is 9.59 Å². The first-order valence-electron chi connectivity index (χ1n) is 8.61. The summed E-state index contributed by atoms with van der Waals surface area (Å²) in [6.07, 6.45) is 2.20. The van der Waals surface area contributed by atoms with Crippen LogP contribution in [0.5, 0.6) is 0 Å². The van der Waals surface area contributed by atoms with Crippen molar-refractivity contribution in [3.63, 3.8) is 0 Å². The van der Waals surface area contributed by atoms with Gasteiger partial charge in [-0.15, -0.1) is 0 Å². The van der Waals surface area contributed by atoms with Crippen LogP contribution < -0.4 is 0 Å². The monoisotopic (exact) mass is 331 g/mol. The van der Waals surface area contributed by atoms with Crippen LogP contribution in [0.3, 0.4) is 0 Å². The number of rotatable bonds is 5. The number of nitrogens with zero attached hydrogens (tertiary/aromatic N) is 1. The molecule has 2 heterocycles. The van der Waals surface area contributed by atoms with Crippen molar-refractivity contribution in [2.24, 2.45) is 5.92 Å². The molecule has 5 nitrogen and oxygen atoms in total. The maximum Gasteiger partial charge on any atom is 0.416 e. The third-order valence-electron chi connectivity index (χ3n) is 4.80. The van der Waals surface area contributed by atoms with Crippen LogP contribution in [0, 0.1) is 5.92 Å². The summed E-state index contributed by atoms with van der Waals surface area (Å²) in [7, 11) is 0. The van der Waals surface area contributed by atoms with E-state index in [1.165, 1.54) is 4.90 Å². The van der Waals surface area contributed by atoms with Crippen LogP contribution in [-0.4, -0.2) is 41.8 Å². The third-order valence-corrected chi connectivity index (χ3v) is 4.80. The number of carbonyl (C=O) groups is 2. The predicted molar refractivity (Wildman–Crippen MR) is 89.5 cm³/mol. The van der Waals surface area contributed by atoms with Crippen molar-refractivity contribution >= 4 is 12.0 Å². The Kier molecular flexibility index (Phi) is 4.90. The van der Waals surface area contributed by atoms with Gasteiger partial charge in [-0.25, -0.2) is 9.69 Å². The van der Waals surface area contributed by atoms with Gasteiger partial charge in [0.25, 0.3) is 0 Å². The van der Waals surface area contributed by atoms with Crippen molar-refractivity contribution in [2.75, 3.05) is 13.2 Å². The molecule has 0 unspecified atom stereocenters. The second-order valence-corrected chi connectivity index (χ2v) is 7.36. The second kappa shape index (κ2) is 6.93. The molecule has 2 atom stereocenters. The highest BCUT2D eigenvalue weighted by Gasteiger charge is 2.38. The predicted octanol–water partition coefficient (Wildman–Crippen LogP) is 3.17. The fraction of sp³-hybridized carbons (Fsp3) is 0.579. The molecule has 0 spiro atoms. The minimum absolute atomic E-state index is 0.101. The summed E-state index contributed by atoms with van der Waals surface area (Å²) in [6, 6.07) is 9.67. The Labute approximate surface area is 142 Å². The SMILES string of the molecule is CC1(C)C[C@@H](CCC(=O)N2C(=O)OC[C@@H]2Cc2ccccc2)CO1. The summed E-state index contributed by atoms with van der Waals surface area (Å²) in [4.78, 5) is 25.8. The Bertz CT molecular complexity index is 599. The molecule has 2 amide bonds. The fourth-order valence-electron chi connectivity index (χ4n) is 3.59. The van der Waals surface area contributed by atoms with Crippen LogP contribution >= 0.6 is 0 Å². The molecule has 0 saturated carbocycles. The summed E-state index contributed by atoms with van der Waals surface area (Å²) in [5, 5.41) is 0. The van der Waals surface area contributed by atoms with Crippen LogP contribution in [0.4, 0.5) is 4.79 Å². The minimum atomic E-state index is -0.510. The van der Waals surface area contributed by atoms with Gasteiger partial charge < -0.3 is 9.47 Å². The maximum atomic E-state index is 12.6. The van der Waals surface area contributed by atoms with Crippen molar-refractivity contribution in [2.45, 2.75) is 51.2 Å². The van der Waals surface area contributed by atoms with Gasteiger partial charge in [-0.1, -0.05) is 30.3 Å². The number of hydrogen-bond acceptors (Lipinski definition) is 4. The van der Waals surface area contributed by atoms with Gasteiger partial charge in [0, 0.05) is 6.42 Å². The maximum absolute atomic E-state index is 12.6. The van der Waals surface area contributed by atoms with Gasteiger partial charge in [-0.2, -0.15) is 0 Å². The molecule has 0 bridgehead atoms. The summed E-state index contributed by atoms with van der Waals surface area (Å²) < 4.78 is 10.8. The van der Waals surface area contributed by atoms with Gasteiger partial charge in [0.2, 0.25) is 5.91 Å². The molecule has 5 heteroatoms. The van der Waals surface area contributed by atoms with E-state index in [1.54, 1.807) is 0 Å². The van der Waals surface area contributed by atoms with Crippen molar-refractivity contribution in [3.8, 4) is 0 Å². The molecule has 2 aliphatic rings. The zero-order valence-electron chi connectivity index (χ0n) is 14.4. The lowest BCUT2D eigenvalue weighted by Crippen LogP contribution is -2.40. The van der Waals surface area contributed by atoms with Gasteiger partial charge in [-0.05, 0) is 44.6 Å². The van der Waals surface area contributed by atoms with E-state index < -0.39 is 6.09 Å². The summed E-state index contributed by atoms with van der Waals surface area (Å²) in [5.74, 6) is 0.248. The third kappa shape index (κ3) is 3.96. The Hall–Kier alpha value is -1.88. The summed E-state index contributed by atoms with van der Waals surface area (Å²) in [5.41, 5.74) is 1.00. The Morgan fingerprint density at radius 3 is 2.67 bits per heavy atom. The van der Waals surface area contributed by atoms with E-state index >= 15 is 0 Å². The number of cyclic esters (lactones) is 1. The number of ether oxygens (including phenoxy) is 2. The van der Waals surface area contributed by atoms with Crippen LogP contribution in [0.15, 0.2) is 30.3 Å². The molecule has 0 aromatic heterocycles. The Morgan fingerprint density at radius 1 is 1.25 bits per heavy atom. The molecule has 24 heavy (non-hydrogen) atoms. The molecule has 2 aliphatic heterocycles. The quantitative estimate of drug-likeness (QED) is 0.831. The molecular formula is C19H25NO4. The molecule has 1 aromatic carbocycles. The molecule has 3 rings (SSSR count). The van der Waals surface area contributed by atoms with Gasteiger partial charge in [0.05, 0.1) is 18.2 Å². The first-order chi connectivity index (χ1) is 11.4. The highest BCUT2D eigenvalue weighted by atomic mass is 16.6. The van der Waals surface area contributed by atoms with Crippen LogP contribution in [0.1, 0.15) is 38.7 Å². The Morgan fingerprint density at radius 2 is 2.00 bits per heavy atom. The molecule has 0 aliphatic carbocycles. The normalized spacial score (nSPS) is 25.8. The van der Waals surface area contributed by atoms with Gasteiger partial charge in [-0.3, -0.25) is 4.79 Å². The van der Waals surface area contributed by atoms with E-state index in [0.717, 1.165) is 18.4 Å². The molecule has 2 saturated heterocycles. The molecule has 130 valence electrons. The highest BCUT2D eigenvalue weighted by molar-refractivity contribution is 5.93. The number of benzene rings is 1. The first kappa shape index (κ1) is 17.0. The van der Waals surface area contributed by atoms with E-state index in [2.05, 4.69) is 13.8 Å². The average Bonchev–Trinajstić information content (AvgIpc) is 3.08. The molecule has 0 radical (unpaired) electrons. The topological polar surface area (TPSA) is 55.8 Å². The number of carbonyl (C=O) groups excluding carboxylic acids is 2. The zero-order chi connectivity index (χ0) is 17.2. The average molecular weight is 331 g/mol. The van der Waals surface area contributed by atoms with Crippen molar-refractivity contribution in [1.82, 2.24) is 4.90 Å². The van der Waals surface area contributed by atoms with Crippen molar-refractivity contribution in [3.05, 3.63) is 35.9 Å². The van der Waals surface area contributed by atoms with Gasteiger partial charge >= 0.3 is 6.09 Å². The summed E-state index contributed by atoms with van der Waals surface area (Å²) >= 11 is 0. The largest absolute Gasteiger partial charge is 0.447 e. The molecule has 2 fully saturated rings.